The summed E-state index contributed by atoms with van der Waals surface area (Å²) < 4.78 is 21.1. The third-order valence-electron chi connectivity index (χ3n) is 5.18. The predicted molar refractivity (Wildman–Crippen MR) is 130 cm³/mol. The number of hydrogen-bond donors (Lipinski definition) is 2. The molecule has 2 aromatic rings. The van der Waals surface area contributed by atoms with Crippen LogP contribution >= 0.6 is 0 Å². The van der Waals surface area contributed by atoms with Gasteiger partial charge in [0.2, 0.25) is 0 Å². The molecule has 8 nitrogen and oxygen atoms in total. The molecule has 0 aliphatic rings. The van der Waals surface area contributed by atoms with E-state index in [2.05, 4.69) is 13.2 Å². The SMILES string of the molecule is C=CC(=O)OCC(O)COc1ccc(C(C)(C)c2ccccc2OCC(O)COC(=O)C=C)cc1. The molecule has 2 aromatic carbocycles. The van der Waals surface area contributed by atoms with Gasteiger partial charge in [-0.15, -0.1) is 0 Å². The van der Waals surface area contributed by atoms with Gasteiger partial charge in [-0.3, -0.25) is 0 Å². The average molecular weight is 485 g/mol. The third-order valence-corrected chi connectivity index (χ3v) is 5.18. The topological polar surface area (TPSA) is 112 Å². The van der Waals surface area contributed by atoms with Gasteiger partial charge in [0, 0.05) is 23.1 Å². The highest BCUT2D eigenvalue weighted by Crippen LogP contribution is 2.37. The summed E-state index contributed by atoms with van der Waals surface area (Å²) in [6.45, 7) is 10.2. The number of ether oxygens (including phenoxy) is 4. The van der Waals surface area contributed by atoms with Crippen LogP contribution in [-0.2, 0) is 24.5 Å². The molecule has 0 spiro atoms. The fraction of sp³-hybridized carbons (Fsp3) is 0.333. The van der Waals surface area contributed by atoms with Crippen molar-refractivity contribution in [2.45, 2.75) is 31.5 Å². The fourth-order valence-corrected chi connectivity index (χ4v) is 3.18. The lowest BCUT2D eigenvalue weighted by Crippen LogP contribution is -2.26. The number of aliphatic hydroxyl groups is 2. The number of carbonyl (C=O) groups excluding carboxylic acids is 2. The predicted octanol–water partition coefficient (Wildman–Crippen LogP) is 2.95. The molecular formula is C27H32O8. The molecule has 0 saturated heterocycles. The van der Waals surface area contributed by atoms with Gasteiger partial charge < -0.3 is 29.2 Å². The van der Waals surface area contributed by atoms with Crippen LogP contribution in [0, 0.1) is 0 Å². The van der Waals surface area contributed by atoms with Crippen molar-refractivity contribution in [2.24, 2.45) is 0 Å². The molecule has 188 valence electrons. The molecule has 2 atom stereocenters. The van der Waals surface area contributed by atoms with E-state index in [4.69, 9.17) is 18.9 Å². The number of aliphatic hydroxyl groups excluding tert-OH is 2. The van der Waals surface area contributed by atoms with Crippen molar-refractivity contribution in [3.05, 3.63) is 85.0 Å². The highest BCUT2D eigenvalue weighted by Gasteiger charge is 2.27. The van der Waals surface area contributed by atoms with Crippen LogP contribution in [0.1, 0.15) is 25.0 Å². The number of hydrogen-bond acceptors (Lipinski definition) is 8. The van der Waals surface area contributed by atoms with E-state index in [-0.39, 0.29) is 26.4 Å². The molecule has 2 N–H and O–H groups in total. The van der Waals surface area contributed by atoms with Crippen LogP contribution in [0.15, 0.2) is 73.8 Å². The van der Waals surface area contributed by atoms with E-state index in [9.17, 15) is 19.8 Å². The zero-order valence-electron chi connectivity index (χ0n) is 20.0. The van der Waals surface area contributed by atoms with Gasteiger partial charge in [0.15, 0.2) is 0 Å². The van der Waals surface area contributed by atoms with Crippen LogP contribution in [0.3, 0.4) is 0 Å². The Kier molecular flexibility index (Phi) is 10.5. The standard InChI is InChI=1S/C27H32O8/c1-5-25(30)34-17-20(28)15-32-22-13-11-19(12-14-22)27(3,4)23-9-7-8-10-24(23)33-16-21(29)18-35-26(31)6-2/h5-14,20-21,28-29H,1-2,15-18H2,3-4H3. The lowest BCUT2D eigenvalue weighted by molar-refractivity contribution is -0.142. The van der Waals surface area contributed by atoms with Crippen LogP contribution in [0.25, 0.3) is 0 Å². The number of benzene rings is 2. The van der Waals surface area contributed by atoms with Crippen LogP contribution in [0.2, 0.25) is 0 Å². The zero-order valence-corrected chi connectivity index (χ0v) is 20.0. The molecule has 0 radical (unpaired) electrons. The summed E-state index contributed by atoms with van der Waals surface area (Å²) in [5.74, 6) is -0.0568. The Labute approximate surface area is 205 Å². The molecule has 0 aliphatic heterocycles. The molecule has 0 saturated carbocycles. The quantitative estimate of drug-likeness (QED) is 0.311. The maximum absolute atomic E-state index is 11.2. The highest BCUT2D eigenvalue weighted by molar-refractivity contribution is 5.81. The van der Waals surface area contributed by atoms with Gasteiger partial charge in [-0.05, 0) is 23.8 Å². The normalized spacial score (nSPS) is 12.7. The first-order chi connectivity index (χ1) is 16.7. The Morgan fingerprint density at radius 1 is 0.829 bits per heavy atom. The molecule has 8 heteroatoms. The molecule has 0 fully saturated rings. The molecule has 2 rings (SSSR count). The van der Waals surface area contributed by atoms with E-state index in [0.717, 1.165) is 23.3 Å². The Morgan fingerprint density at radius 3 is 1.89 bits per heavy atom. The van der Waals surface area contributed by atoms with Crippen molar-refractivity contribution in [3.63, 3.8) is 0 Å². The molecule has 2 unspecified atom stereocenters. The fourth-order valence-electron chi connectivity index (χ4n) is 3.18. The first-order valence-corrected chi connectivity index (χ1v) is 11.1. The number of esters is 2. The van der Waals surface area contributed by atoms with Crippen LogP contribution in [0.4, 0.5) is 0 Å². The van der Waals surface area contributed by atoms with Crippen molar-refractivity contribution in [1.29, 1.82) is 0 Å². The van der Waals surface area contributed by atoms with Crippen molar-refractivity contribution in [3.8, 4) is 11.5 Å². The first kappa shape index (κ1) is 27.6. The van der Waals surface area contributed by atoms with Crippen molar-refractivity contribution in [2.75, 3.05) is 26.4 Å². The largest absolute Gasteiger partial charge is 0.491 e. The molecule has 0 aromatic heterocycles. The minimum absolute atomic E-state index is 0.0335. The Morgan fingerprint density at radius 2 is 1.34 bits per heavy atom. The summed E-state index contributed by atoms with van der Waals surface area (Å²) in [5.41, 5.74) is 1.44. The van der Waals surface area contributed by atoms with Gasteiger partial charge >= 0.3 is 11.9 Å². The van der Waals surface area contributed by atoms with E-state index in [0.29, 0.717) is 11.5 Å². The lowest BCUT2D eigenvalue weighted by atomic mass is 9.77. The van der Waals surface area contributed by atoms with E-state index >= 15 is 0 Å². The molecule has 35 heavy (non-hydrogen) atoms. The Balaban J connectivity index is 2.01. The van der Waals surface area contributed by atoms with E-state index in [1.807, 2.05) is 50.2 Å². The molecule has 0 amide bonds. The van der Waals surface area contributed by atoms with Crippen molar-refractivity contribution >= 4 is 11.9 Å². The van der Waals surface area contributed by atoms with Crippen LogP contribution < -0.4 is 9.47 Å². The van der Waals surface area contributed by atoms with Crippen molar-refractivity contribution < 1.29 is 38.7 Å². The zero-order chi connectivity index (χ0) is 25.8. The highest BCUT2D eigenvalue weighted by atomic mass is 16.6. The van der Waals surface area contributed by atoms with Gasteiger partial charge in [0.05, 0.1) is 0 Å². The second-order valence-corrected chi connectivity index (χ2v) is 8.24. The summed E-state index contributed by atoms with van der Waals surface area (Å²) in [6, 6.07) is 14.9. The Hall–Kier alpha value is -3.62. The molecule has 0 bridgehead atoms. The maximum atomic E-state index is 11.2. The lowest BCUT2D eigenvalue weighted by Gasteiger charge is -2.28. The van der Waals surface area contributed by atoms with Gasteiger partial charge in [-0.25, -0.2) is 9.59 Å². The number of carbonyl (C=O) groups is 2. The summed E-state index contributed by atoms with van der Waals surface area (Å²) in [7, 11) is 0. The summed E-state index contributed by atoms with van der Waals surface area (Å²) in [6.07, 6.45) is 0.113. The molecule has 0 aliphatic carbocycles. The van der Waals surface area contributed by atoms with E-state index < -0.39 is 29.6 Å². The smallest absolute Gasteiger partial charge is 0.330 e. The second-order valence-electron chi connectivity index (χ2n) is 8.24. The average Bonchev–Trinajstić information content (AvgIpc) is 2.88. The summed E-state index contributed by atoms with van der Waals surface area (Å²) in [4.78, 5) is 22.2. The minimum atomic E-state index is -0.984. The Bertz CT molecular complexity index is 996. The minimum Gasteiger partial charge on any atom is -0.491 e. The molecule has 0 heterocycles. The van der Waals surface area contributed by atoms with E-state index in [1.54, 1.807) is 12.1 Å². The summed E-state index contributed by atoms with van der Waals surface area (Å²) in [5, 5.41) is 19.9. The van der Waals surface area contributed by atoms with E-state index in [1.165, 1.54) is 0 Å². The number of para-hydroxylation sites is 1. The molecular weight excluding hydrogens is 452 g/mol. The summed E-state index contributed by atoms with van der Waals surface area (Å²) >= 11 is 0. The van der Waals surface area contributed by atoms with Gasteiger partial charge in [-0.2, -0.15) is 0 Å². The van der Waals surface area contributed by atoms with Crippen molar-refractivity contribution in [1.82, 2.24) is 0 Å². The van der Waals surface area contributed by atoms with Gasteiger partial charge in [-0.1, -0.05) is 57.3 Å². The van der Waals surface area contributed by atoms with Crippen LogP contribution in [0.5, 0.6) is 11.5 Å². The first-order valence-electron chi connectivity index (χ1n) is 11.1. The monoisotopic (exact) mass is 484 g/mol. The third kappa shape index (κ3) is 8.59. The van der Waals surface area contributed by atoms with Gasteiger partial charge in [0.25, 0.3) is 0 Å². The number of rotatable bonds is 14. The maximum Gasteiger partial charge on any atom is 0.330 e. The van der Waals surface area contributed by atoms with Gasteiger partial charge in [0.1, 0.15) is 50.1 Å². The van der Waals surface area contributed by atoms with Crippen LogP contribution in [-0.4, -0.2) is 60.8 Å². The second kappa shape index (κ2) is 13.3.